The number of ether oxygens (including phenoxy) is 2. The van der Waals surface area contributed by atoms with Crippen molar-refractivity contribution in [3.8, 4) is 11.5 Å². The summed E-state index contributed by atoms with van der Waals surface area (Å²) in [5.74, 6) is -1.04. The lowest BCUT2D eigenvalue weighted by atomic mass is 10.2. The van der Waals surface area contributed by atoms with Crippen LogP contribution in [-0.4, -0.2) is 6.29 Å². The third kappa shape index (κ3) is 1.54. The molecule has 6 heteroatoms. The second kappa shape index (κ2) is 3.05. The normalized spacial score (nSPS) is 17.1. The first-order valence-electron chi connectivity index (χ1n) is 3.66. The first kappa shape index (κ1) is 9.64. The third-order valence-corrected chi connectivity index (χ3v) is 2.32. The second-order valence-electron chi connectivity index (χ2n) is 2.69. The molecule has 2 rings (SSSR count). The first-order chi connectivity index (χ1) is 6.52. The van der Waals surface area contributed by atoms with Crippen LogP contribution >= 0.6 is 15.9 Å². The van der Waals surface area contributed by atoms with E-state index in [0.717, 1.165) is 6.07 Å². The average molecular weight is 269 g/mol. The lowest BCUT2D eigenvalue weighted by Gasteiger charge is -2.04. The standard InChI is InChI=1S/C8H4BrF3O2/c9-3-4-1-6-7(2-5(4)10)14-8(11,12)13-6/h1-2H,3H2. The predicted molar refractivity (Wildman–Crippen MR) is 45.2 cm³/mol. The first-order valence-corrected chi connectivity index (χ1v) is 4.78. The Labute approximate surface area is 85.7 Å². The van der Waals surface area contributed by atoms with Gasteiger partial charge in [-0.05, 0) is 6.07 Å². The van der Waals surface area contributed by atoms with Gasteiger partial charge in [-0.25, -0.2) is 4.39 Å². The molecule has 1 heterocycles. The molecule has 1 aromatic carbocycles. The van der Waals surface area contributed by atoms with Crippen molar-refractivity contribution in [1.82, 2.24) is 0 Å². The molecule has 0 aliphatic carbocycles. The Bertz CT molecular complexity index is 381. The summed E-state index contributed by atoms with van der Waals surface area (Å²) in [4.78, 5) is 0. The molecule has 0 aromatic heterocycles. The summed E-state index contributed by atoms with van der Waals surface area (Å²) in [7, 11) is 0. The Morgan fingerprint density at radius 3 is 2.36 bits per heavy atom. The highest BCUT2D eigenvalue weighted by Gasteiger charge is 2.43. The second-order valence-corrected chi connectivity index (χ2v) is 3.25. The van der Waals surface area contributed by atoms with Crippen molar-refractivity contribution in [2.24, 2.45) is 0 Å². The number of benzene rings is 1. The van der Waals surface area contributed by atoms with E-state index in [0.29, 0.717) is 0 Å². The Hall–Kier alpha value is -0.910. The summed E-state index contributed by atoms with van der Waals surface area (Å²) in [6, 6.07) is 2.06. The molecule has 0 fully saturated rings. The maximum atomic E-state index is 13.1. The van der Waals surface area contributed by atoms with E-state index in [-0.39, 0.29) is 22.4 Å². The van der Waals surface area contributed by atoms with E-state index in [2.05, 4.69) is 25.4 Å². The van der Waals surface area contributed by atoms with Gasteiger partial charge in [-0.2, -0.15) is 0 Å². The van der Waals surface area contributed by atoms with Gasteiger partial charge in [0.2, 0.25) is 0 Å². The van der Waals surface area contributed by atoms with E-state index in [1.54, 1.807) is 0 Å². The van der Waals surface area contributed by atoms with Crippen molar-refractivity contribution in [1.29, 1.82) is 0 Å². The molecular weight excluding hydrogens is 265 g/mol. The molecule has 76 valence electrons. The zero-order valence-electron chi connectivity index (χ0n) is 6.69. The minimum atomic E-state index is -3.69. The quantitative estimate of drug-likeness (QED) is 0.729. The maximum Gasteiger partial charge on any atom is 0.586 e. The van der Waals surface area contributed by atoms with Crippen molar-refractivity contribution in [3.05, 3.63) is 23.5 Å². The van der Waals surface area contributed by atoms with Gasteiger partial charge in [-0.15, -0.1) is 8.78 Å². The van der Waals surface area contributed by atoms with Gasteiger partial charge in [-0.3, -0.25) is 0 Å². The van der Waals surface area contributed by atoms with Crippen LogP contribution in [0.3, 0.4) is 0 Å². The average Bonchev–Trinajstić information content (AvgIpc) is 2.36. The lowest BCUT2D eigenvalue weighted by Crippen LogP contribution is -2.25. The minimum absolute atomic E-state index is 0.147. The van der Waals surface area contributed by atoms with Gasteiger partial charge in [0.1, 0.15) is 5.82 Å². The van der Waals surface area contributed by atoms with Crippen LogP contribution in [0, 0.1) is 5.82 Å². The summed E-state index contributed by atoms with van der Waals surface area (Å²) in [5.41, 5.74) is 0.241. The molecule has 0 atom stereocenters. The molecule has 0 saturated carbocycles. The predicted octanol–water partition coefficient (Wildman–Crippen LogP) is 3.04. The summed E-state index contributed by atoms with van der Waals surface area (Å²) in [6.45, 7) is 0. The van der Waals surface area contributed by atoms with Crippen molar-refractivity contribution >= 4 is 15.9 Å². The molecule has 0 bridgehead atoms. The Morgan fingerprint density at radius 1 is 1.21 bits per heavy atom. The van der Waals surface area contributed by atoms with Gasteiger partial charge in [-0.1, -0.05) is 15.9 Å². The Balaban J connectivity index is 2.44. The van der Waals surface area contributed by atoms with Gasteiger partial charge in [0, 0.05) is 17.0 Å². The fourth-order valence-electron chi connectivity index (χ4n) is 1.12. The number of hydrogen-bond donors (Lipinski definition) is 0. The highest BCUT2D eigenvalue weighted by atomic mass is 79.9. The fourth-order valence-corrected chi connectivity index (χ4v) is 1.55. The van der Waals surface area contributed by atoms with E-state index >= 15 is 0 Å². The summed E-state index contributed by atoms with van der Waals surface area (Å²) in [6.07, 6.45) is -3.69. The Morgan fingerprint density at radius 2 is 1.79 bits per heavy atom. The van der Waals surface area contributed by atoms with Crippen molar-refractivity contribution in [2.45, 2.75) is 11.6 Å². The molecule has 0 unspecified atom stereocenters. The Kier molecular flexibility index (Phi) is 2.10. The van der Waals surface area contributed by atoms with E-state index in [4.69, 9.17) is 0 Å². The van der Waals surface area contributed by atoms with Crippen molar-refractivity contribution < 1.29 is 22.6 Å². The molecule has 0 saturated heterocycles. The van der Waals surface area contributed by atoms with E-state index in [1.165, 1.54) is 6.07 Å². The molecule has 14 heavy (non-hydrogen) atoms. The van der Waals surface area contributed by atoms with Crippen molar-refractivity contribution in [2.75, 3.05) is 0 Å². The van der Waals surface area contributed by atoms with Gasteiger partial charge in [0.25, 0.3) is 0 Å². The smallest absolute Gasteiger partial charge is 0.395 e. The maximum absolute atomic E-state index is 13.1. The van der Waals surface area contributed by atoms with Crippen LogP contribution in [0.15, 0.2) is 12.1 Å². The molecular formula is C8H4BrF3O2. The van der Waals surface area contributed by atoms with Gasteiger partial charge >= 0.3 is 6.29 Å². The number of hydrogen-bond acceptors (Lipinski definition) is 2. The van der Waals surface area contributed by atoms with Crippen LogP contribution in [0.2, 0.25) is 0 Å². The highest BCUT2D eigenvalue weighted by Crippen LogP contribution is 2.42. The summed E-state index contributed by atoms with van der Waals surface area (Å²) < 4.78 is 46.4. The number of rotatable bonds is 1. The van der Waals surface area contributed by atoms with Crippen LogP contribution in [0.25, 0.3) is 0 Å². The molecule has 0 N–H and O–H groups in total. The molecule has 1 aliphatic heterocycles. The molecule has 0 radical (unpaired) electrons. The number of alkyl halides is 3. The molecule has 1 aliphatic rings. The largest absolute Gasteiger partial charge is 0.586 e. The van der Waals surface area contributed by atoms with Crippen LogP contribution in [0.4, 0.5) is 13.2 Å². The van der Waals surface area contributed by atoms with Gasteiger partial charge in [0.15, 0.2) is 11.5 Å². The molecule has 1 aromatic rings. The zero-order chi connectivity index (χ0) is 10.3. The van der Waals surface area contributed by atoms with Gasteiger partial charge in [0.05, 0.1) is 0 Å². The summed E-state index contributed by atoms with van der Waals surface area (Å²) in [5, 5.41) is 0.223. The lowest BCUT2D eigenvalue weighted by molar-refractivity contribution is -0.286. The minimum Gasteiger partial charge on any atom is -0.395 e. The number of halogens is 4. The summed E-state index contributed by atoms with van der Waals surface area (Å²) >= 11 is 3.02. The number of fused-ring (bicyclic) bond motifs is 1. The fraction of sp³-hybridized carbons (Fsp3) is 0.250. The van der Waals surface area contributed by atoms with Crippen LogP contribution in [0.5, 0.6) is 11.5 Å². The van der Waals surface area contributed by atoms with Gasteiger partial charge < -0.3 is 9.47 Å². The monoisotopic (exact) mass is 268 g/mol. The van der Waals surface area contributed by atoms with Crippen LogP contribution < -0.4 is 9.47 Å². The van der Waals surface area contributed by atoms with E-state index in [9.17, 15) is 13.2 Å². The molecule has 0 amide bonds. The zero-order valence-corrected chi connectivity index (χ0v) is 8.28. The molecule has 0 spiro atoms. The van der Waals surface area contributed by atoms with E-state index < -0.39 is 12.1 Å². The van der Waals surface area contributed by atoms with Crippen LogP contribution in [0.1, 0.15) is 5.56 Å². The SMILES string of the molecule is Fc1cc2c(cc1CBr)OC(F)(F)O2. The highest BCUT2D eigenvalue weighted by molar-refractivity contribution is 9.08. The third-order valence-electron chi connectivity index (χ3n) is 1.71. The van der Waals surface area contributed by atoms with Crippen molar-refractivity contribution in [3.63, 3.8) is 0 Å². The molecule has 2 nitrogen and oxygen atoms in total. The van der Waals surface area contributed by atoms with Crippen LogP contribution in [-0.2, 0) is 5.33 Å². The topological polar surface area (TPSA) is 18.5 Å². The van der Waals surface area contributed by atoms with E-state index in [1.807, 2.05) is 0 Å².